The van der Waals surface area contributed by atoms with Crippen molar-refractivity contribution in [2.75, 3.05) is 6.54 Å². The maximum Gasteiger partial charge on any atom is 0.289 e. The van der Waals surface area contributed by atoms with Gasteiger partial charge in [0.15, 0.2) is 5.76 Å². The van der Waals surface area contributed by atoms with Gasteiger partial charge >= 0.3 is 0 Å². The quantitative estimate of drug-likeness (QED) is 0.769. The number of furan rings is 1. The molecular weight excluding hydrogens is 226 g/mol. The van der Waals surface area contributed by atoms with Crippen LogP contribution >= 0.6 is 0 Å². The summed E-state index contributed by atoms with van der Waals surface area (Å²) in [5, 5.41) is 0. The van der Waals surface area contributed by atoms with Crippen molar-refractivity contribution in [3.8, 4) is 0 Å². The molecule has 1 amide bonds. The van der Waals surface area contributed by atoms with E-state index in [1.165, 1.54) is 11.1 Å². The topological polar surface area (TPSA) is 33.5 Å². The lowest BCUT2D eigenvalue weighted by molar-refractivity contribution is 0.0702. The predicted octanol–water partition coefficient (Wildman–Crippen LogP) is 2.79. The molecule has 1 aromatic heterocycles. The third kappa shape index (κ3) is 1.92. The number of carbonyl (C=O) groups is 1. The Hall–Kier alpha value is -2.03. The minimum absolute atomic E-state index is 0.0161. The smallest absolute Gasteiger partial charge is 0.289 e. The molecule has 3 rings (SSSR count). The number of amides is 1. The van der Waals surface area contributed by atoms with Crippen molar-refractivity contribution < 1.29 is 9.21 Å². The Morgan fingerprint density at radius 2 is 2.06 bits per heavy atom. The van der Waals surface area contributed by atoms with E-state index in [-0.39, 0.29) is 5.91 Å². The van der Waals surface area contributed by atoms with Gasteiger partial charge in [-0.2, -0.15) is 0 Å². The zero-order valence-corrected chi connectivity index (χ0v) is 10.3. The molecule has 1 aromatic carbocycles. The Balaban J connectivity index is 1.82. The Labute approximate surface area is 106 Å². The van der Waals surface area contributed by atoms with Crippen LogP contribution < -0.4 is 0 Å². The highest BCUT2D eigenvalue weighted by Crippen LogP contribution is 2.20. The zero-order valence-electron chi connectivity index (χ0n) is 10.3. The van der Waals surface area contributed by atoms with Crippen LogP contribution in [-0.2, 0) is 13.0 Å². The van der Waals surface area contributed by atoms with E-state index in [2.05, 4.69) is 12.1 Å². The van der Waals surface area contributed by atoms with Crippen molar-refractivity contribution in [2.45, 2.75) is 19.9 Å². The molecule has 0 saturated heterocycles. The summed E-state index contributed by atoms with van der Waals surface area (Å²) in [6, 6.07) is 10.1. The van der Waals surface area contributed by atoms with Crippen molar-refractivity contribution >= 4 is 5.91 Å². The maximum atomic E-state index is 12.3. The van der Waals surface area contributed by atoms with Gasteiger partial charge in [0.05, 0.1) is 6.26 Å². The van der Waals surface area contributed by atoms with E-state index in [1.54, 1.807) is 12.3 Å². The van der Waals surface area contributed by atoms with E-state index in [1.807, 2.05) is 24.0 Å². The summed E-state index contributed by atoms with van der Waals surface area (Å²) in [5.41, 5.74) is 3.56. The molecule has 0 saturated carbocycles. The molecule has 1 aliphatic heterocycles. The van der Waals surface area contributed by atoms with Gasteiger partial charge in [0.2, 0.25) is 0 Å². The van der Waals surface area contributed by atoms with E-state index in [9.17, 15) is 4.79 Å². The van der Waals surface area contributed by atoms with Gasteiger partial charge in [0, 0.05) is 13.1 Å². The van der Waals surface area contributed by atoms with Gasteiger partial charge in [0.1, 0.15) is 0 Å². The summed E-state index contributed by atoms with van der Waals surface area (Å²) in [4.78, 5) is 14.1. The Morgan fingerprint density at radius 1 is 1.28 bits per heavy atom. The first-order chi connectivity index (χ1) is 8.74. The molecule has 2 heterocycles. The predicted molar refractivity (Wildman–Crippen MR) is 68.3 cm³/mol. The van der Waals surface area contributed by atoms with E-state index in [0.717, 1.165) is 18.5 Å². The average molecular weight is 241 g/mol. The monoisotopic (exact) mass is 241 g/mol. The lowest BCUT2D eigenvalue weighted by Gasteiger charge is -2.28. The van der Waals surface area contributed by atoms with E-state index >= 15 is 0 Å². The number of fused-ring (bicyclic) bond motifs is 1. The van der Waals surface area contributed by atoms with Crippen LogP contribution in [0.3, 0.4) is 0 Å². The third-order valence-electron chi connectivity index (χ3n) is 3.36. The molecule has 92 valence electrons. The molecule has 0 spiro atoms. The van der Waals surface area contributed by atoms with Crippen molar-refractivity contribution in [1.29, 1.82) is 0 Å². The van der Waals surface area contributed by atoms with E-state index < -0.39 is 0 Å². The van der Waals surface area contributed by atoms with E-state index in [4.69, 9.17) is 4.42 Å². The van der Waals surface area contributed by atoms with Gasteiger partial charge in [-0.15, -0.1) is 0 Å². The summed E-state index contributed by atoms with van der Waals surface area (Å²) in [5.74, 6) is 0.421. The van der Waals surface area contributed by atoms with Crippen molar-refractivity contribution in [3.05, 3.63) is 59.0 Å². The van der Waals surface area contributed by atoms with Gasteiger partial charge in [-0.05, 0) is 36.1 Å². The fourth-order valence-corrected chi connectivity index (χ4v) is 2.37. The second kappa shape index (κ2) is 4.33. The number of benzene rings is 1. The first kappa shape index (κ1) is 11.1. The average Bonchev–Trinajstić information content (AvgIpc) is 2.84. The molecule has 0 radical (unpaired) electrons. The summed E-state index contributed by atoms with van der Waals surface area (Å²) in [6.45, 7) is 3.36. The SMILES string of the molecule is Cc1coc(C(=O)N2CCc3ccccc3C2)c1. The first-order valence-corrected chi connectivity index (χ1v) is 6.15. The molecular formula is C15H15NO2. The van der Waals surface area contributed by atoms with E-state index in [0.29, 0.717) is 12.3 Å². The van der Waals surface area contributed by atoms with Gasteiger partial charge in [-0.1, -0.05) is 24.3 Å². The third-order valence-corrected chi connectivity index (χ3v) is 3.36. The highest BCUT2D eigenvalue weighted by molar-refractivity contribution is 5.91. The Morgan fingerprint density at radius 3 is 2.78 bits per heavy atom. The zero-order chi connectivity index (χ0) is 12.5. The number of aryl methyl sites for hydroxylation is 1. The number of hydrogen-bond donors (Lipinski definition) is 0. The van der Waals surface area contributed by atoms with Crippen molar-refractivity contribution in [2.24, 2.45) is 0 Å². The number of nitrogens with zero attached hydrogens (tertiary/aromatic N) is 1. The van der Waals surface area contributed by atoms with Crippen LogP contribution in [0.1, 0.15) is 27.2 Å². The first-order valence-electron chi connectivity index (χ1n) is 6.15. The summed E-state index contributed by atoms with van der Waals surface area (Å²) in [6.07, 6.45) is 2.53. The highest BCUT2D eigenvalue weighted by atomic mass is 16.3. The standard InChI is InChI=1S/C15H15NO2/c1-11-8-14(18-10-11)15(17)16-7-6-12-4-2-3-5-13(12)9-16/h2-5,8,10H,6-7,9H2,1H3. The molecule has 18 heavy (non-hydrogen) atoms. The Bertz CT molecular complexity index is 586. The largest absolute Gasteiger partial charge is 0.459 e. The molecule has 3 heteroatoms. The molecule has 0 atom stereocenters. The van der Waals surface area contributed by atoms with Gasteiger partial charge in [-0.25, -0.2) is 0 Å². The summed E-state index contributed by atoms with van der Waals surface area (Å²) >= 11 is 0. The van der Waals surface area contributed by atoms with Crippen molar-refractivity contribution in [3.63, 3.8) is 0 Å². The second-order valence-corrected chi connectivity index (χ2v) is 4.73. The van der Waals surface area contributed by atoms with Crippen LogP contribution in [0.5, 0.6) is 0 Å². The normalized spacial score (nSPS) is 14.4. The van der Waals surface area contributed by atoms with Crippen LogP contribution in [0.15, 0.2) is 41.0 Å². The van der Waals surface area contributed by atoms with Crippen LogP contribution in [0.2, 0.25) is 0 Å². The maximum absolute atomic E-state index is 12.3. The molecule has 0 fully saturated rings. The molecule has 0 bridgehead atoms. The van der Waals surface area contributed by atoms with Gasteiger partial charge in [-0.3, -0.25) is 4.79 Å². The minimum Gasteiger partial charge on any atom is -0.459 e. The van der Waals surface area contributed by atoms with Crippen LogP contribution in [0.4, 0.5) is 0 Å². The van der Waals surface area contributed by atoms with Crippen LogP contribution in [0.25, 0.3) is 0 Å². The van der Waals surface area contributed by atoms with Gasteiger partial charge in [0.25, 0.3) is 5.91 Å². The molecule has 2 aromatic rings. The molecule has 1 aliphatic rings. The number of rotatable bonds is 1. The highest BCUT2D eigenvalue weighted by Gasteiger charge is 2.23. The molecule has 0 unspecified atom stereocenters. The fraction of sp³-hybridized carbons (Fsp3) is 0.267. The lowest BCUT2D eigenvalue weighted by atomic mass is 10.00. The Kier molecular flexibility index (Phi) is 2.67. The molecule has 0 aliphatic carbocycles. The minimum atomic E-state index is -0.0161. The molecule has 3 nitrogen and oxygen atoms in total. The summed E-state index contributed by atoms with van der Waals surface area (Å²) in [7, 11) is 0. The molecule has 0 N–H and O–H groups in total. The van der Waals surface area contributed by atoms with Gasteiger partial charge < -0.3 is 9.32 Å². The number of carbonyl (C=O) groups excluding carboxylic acids is 1. The van der Waals surface area contributed by atoms with Crippen LogP contribution in [0, 0.1) is 6.92 Å². The second-order valence-electron chi connectivity index (χ2n) is 4.73. The van der Waals surface area contributed by atoms with Crippen molar-refractivity contribution in [1.82, 2.24) is 4.90 Å². The summed E-state index contributed by atoms with van der Waals surface area (Å²) < 4.78 is 5.28. The fourth-order valence-electron chi connectivity index (χ4n) is 2.37. The number of hydrogen-bond acceptors (Lipinski definition) is 2. The lowest BCUT2D eigenvalue weighted by Crippen LogP contribution is -2.35. The van der Waals surface area contributed by atoms with Crippen LogP contribution in [-0.4, -0.2) is 17.4 Å².